The van der Waals surface area contributed by atoms with E-state index in [-0.39, 0.29) is 17.9 Å². The van der Waals surface area contributed by atoms with Crippen LogP contribution < -0.4 is 0 Å². The number of likely N-dealkylation sites (tertiary alicyclic amines) is 1. The highest BCUT2D eigenvalue weighted by atomic mass is 16.2. The summed E-state index contributed by atoms with van der Waals surface area (Å²) in [6.07, 6.45) is 2.60. The van der Waals surface area contributed by atoms with Gasteiger partial charge in [0.1, 0.15) is 0 Å². The number of nitrogens with zero attached hydrogens (tertiary/aromatic N) is 4. The summed E-state index contributed by atoms with van der Waals surface area (Å²) in [6.45, 7) is 4.51. The van der Waals surface area contributed by atoms with Crippen molar-refractivity contribution in [2.75, 3.05) is 40.8 Å². The Hall–Kier alpha value is -2.73. The molecule has 148 valence electrons. The molecular formula is C22H28N4O2. The van der Waals surface area contributed by atoms with Gasteiger partial charge in [0.15, 0.2) is 0 Å². The second-order valence-electron chi connectivity index (χ2n) is 7.45. The van der Waals surface area contributed by atoms with Crippen LogP contribution in [0.1, 0.15) is 34.1 Å². The van der Waals surface area contributed by atoms with E-state index in [1.807, 2.05) is 49.2 Å². The van der Waals surface area contributed by atoms with E-state index < -0.39 is 0 Å². The molecule has 2 amide bonds. The number of carbonyl (C=O) groups is 2. The molecule has 28 heavy (non-hydrogen) atoms. The first-order chi connectivity index (χ1) is 13.4. The topological polar surface area (TPSA) is 56.8 Å². The molecule has 2 aromatic rings. The zero-order valence-electron chi connectivity index (χ0n) is 17.1. The third-order valence-corrected chi connectivity index (χ3v) is 5.47. The molecule has 0 spiro atoms. The van der Waals surface area contributed by atoms with Gasteiger partial charge in [-0.05, 0) is 51.2 Å². The molecule has 0 unspecified atom stereocenters. The molecule has 3 rings (SSSR count). The molecule has 0 saturated carbocycles. The van der Waals surface area contributed by atoms with Crippen molar-refractivity contribution in [3.05, 3.63) is 53.7 Å². The molecule has 1 aromatic heterocycles. The molecule has 1 saturated heterocycles. The second-order valence-corrected chi connectivity index (χ2v) is 7.45. The summed E-state index contributed by atoms with van der Waals surface area (Å²) in [5, 5.41) is 0. The van der Waals surface area contributed by atoms with Gasteiger partial charge in [-0.1, -0.05) is 12.1 Å². The van der Waals surface area contributed by atoms with Crippen molar-refractivity contribution in [3.8, 4) is 11.3 Å². The van der Waals surface area contributed by atoms with Crippen LogP contribution in [-0.4, -0.2) is 78.3 Å². The molecule has 2 heterocycles. The minimum atomic E-state index is -0.0476. The van der Waals surface area contributed by atoms with Crippen LogP contribution in [0.3, 0.4) is 0 Å². The normalized spacial score (nSPS) is 16.8. The van der Waals surface area contributed by atoms with Crippen molar-refractivity contribution in [1.82, 2.24) is 19.7 Å². The number of amides is 2. The van der Waals surface area contributed by atoms with E-state index in [1.54, 1.807) is 24.2 Å². The summed E-state index contributed by atoms with van der Waals surface area (Å²) in [5.41, 5.74) is 2.83. The number of hydrogen-bond donors (Lipinski definition) is 0. The Bertz CT molecular complexity index is 850. The number of pyridine rings is 1. The van der Waals surface area contributed by atoms with Gasteiger partial charge in [-0.25, -0.2) is 0 Å². The van der Waals surface area contributed by atoms with Gasteiger partial charge >= 0.3 is 0 Å². The van der Waals surface area contributed by atoms with Crippen molar-refractivity contribution in [2.45, 2.75) is 19.4 Å². The molecule has 6 nitrogen and oxygen atoms in total. The molecule has 1 fully saturated rings. The molecule has 0 bridgehead atoms. The molecule has 0 aliphatic carbocycles. The van der Waals surface area contributed by atoms with Crippen LogP contribution in [0.25, 0.3) is 11.3 Å². The molecule has 1 atom stereocenters. The van der Waals surface area contributed by atoms with Gasteiger partial charge in [0, 0.05) is 50.6 Å². The number of rotatable bonds is 5. The number of likely N-dealkylation sites (N-methyl/N-ethyl adjacent to an activating group) is 2. The minimum absolute atomic E-state index is 0.0264. The lowest BCUT2D eigenvalue weighted by molar-refractivity contribution is 0.0737. The summed E-state index contributed by atoms with van der Waals surface area (Å²) >= 11 is 0. The lowest BCUT2D eigenvalue weighted by atomic mass is 10.1. The Kier molecular flexibility index (Phi) is 6.09. The highest BCUT2D eigenvalue weighted by Gasteiger charge is 2.27. The van der Waals surface area contributed by atoms with Crippen LogP contribution >= 0.6 is 0 Å². The molecule has 6 heteroatoms. The smallest absolute Gasteiger partial charge is 0.255 e. The predicted octanol–water partition coefficient (Wildman–Crippen LogP) is 2.62. The van der Waals surface area contributed by atoms with Crippen LogP contribution in [0.5, 0.6) is 0 Å². The number of carbonyl (C=O) groups excluding carboxylic acids is 2. The summed E-state index contributed by atoms with van der Waals surface area (Å²) in [6, 6.07) is 11.4. The minimum Gasteiger partial charge on any atom is -0.342 e. The standard InChI is InChI=1S/C22H28N4O2/c1-5-25(3)21(27)18-9-10-20(23-14-18)16-7-6-8-17(13-16)22(28)26(4)19-11-12-24(2)15-19/h6-10,13-14,19H,5,11-12,15H2,1-4H3/t19-/m1/s1. The molecule has 0 radical (unpaired) electrons. The van der Waals surface area contributed by atoms with Gasteiger partial charge in [-0.3, -0.25) is 14.6 Å². The highest BCUT2D eigenvalue weighted by molar-refractivity contribution is 5.96. The highest BCUT2D eigenvalue weighted by Crippen LogP contribution is 2.21. The monoisotopic (exact) mass is 380 g/mol. The van der Waals surface area contributed by atoms with Crippen molar-refractivity contribution in [1.29, 1.82) is 0 Å². The predicted molar refractivity (Wildman–Crippen MR) is 110 cm³/mol. The Balaban J connectivity index is 1.77. The Morgan fingerprint density at radius 1 is 1.14 bits per heavy atom. The quantitative estimate of drug-likeness (QED) is 0.800. The Morgan fingerprint density at radius 3 is 2.54 bits per heavy atom. The van der Waals surface area contributed by atoms with Gasteiger partial charge in [0.25, 0.3) is 11.8 Å². The van der Waals surface area contributed by atoms with Crippen LogP contribution in [0.4, 0.5) is 0 Å². The maximum Gasteiger partial charge on any atom is 0.255 e. The van der Waals surface area contributed by atoms with E-state index >= 15 is 0 Å². The van der Waals surface area contributed by atoms with Gasteiger partial charge < -0.3 is 14.7 Å². The van der Waals surface area contributed by atoms with Crippen molar-refractivity contribution >= 4 is 11.8 Å². The molecular weight excluding hydrogens is 352 g/mol. The lowest BCUT2D eigenvalue weighted by Crippen LogP contribution is -2.38. The summed E-state index contributed by atoms with van der Waals surface area (Å²) in [5.74, 6) is -0.0212. The van der Waals surface area contributed by atoms with Gasteiger partial charge in [0.2, 0.25) is 0 Å². The Labute approximate surface area is 166 Å². The molecule has 1 aromatic carbocycles. The zero-order chi connectivity index (χ0) is 20.3. The fourth-order valence-electron chi connectivity index (χ4n) is 3.46. The first-order valence-electron chi connectivity index (χ1n) is 9.68. The summed E-state index contributed by atoms with van der Waals surface area (Å²) in [7, 11) is 5.73. The number of benzene rings is 1. The van der Waals surface area contributed by atoms with E-state index in [2.05, 4.69) is 16.9 Å². The Morgan fingerprint density at radius 2 is 1.93 bits per heavy atom. The summed E-state index contributed by atoms with van der Waals surface area (Å²) < 4.78 is 0. The van der Waals surface area contributed by atoms with Crippen LogP contribution in [0.2, 0.25) is 0 Å². The molecule has 0 N–H and O–H groups in total. The largest absolute Gasteiger partial charge is 0.342 e. The molecule has 1 aliphatic heterocycles. The van der Waals surface area contributed by atoms with E-state index in [0.29, 0.717) is 17.7 Å². The second kappa shape index (κ2) is 8.52. The first kappa shape index (κ1) is 20.0. The van der Waals surface area contributed by atoms with Gasteiger partial charge in [-0.2, -0.15) is 0 Å². The number of hydrogen-bond acceptors (Lipinski definition) is 4. The number of aromatic nitrogens is 1. The third-order valence-electron chi connectivity index (χ3n) is 5.47. The van der Waals surface area contributed by atoms with Crippen molar-refractivity contribution < 1.29 is 9.59 Å². The first-order valence-corrected chi connectivity index (χ1v) is 9.68. The van der Waals surface area contributed by atoms with Crippen LogP contribution in [0.15, 0.2) is 42.6 Å². The van der Waals surface area contributed by atoms with E-state index in [9.17, 15) is 9.59 Å². The fourth-order valence-corrected chi connectivity index (χ4v) is 3.46. The average Bonchev–Trinajstić information content (AvgIpc) is 3.18. The van der Waals surface area contributed by atoms with Crippen LogP contribution in [0, 0.1) is 0 Å². The van der Waals surface area contributed by atoms with Crippen molar-refractivity contribution in [3.63, 3.8) is 0 Å². The van der Waals surface area contributed by atoms with Gasteiger partial charge in [-0.15, -0.1) is 0 Å². The zero-order valence-corrected chi connectivity index (χ0v) is 17.1. The maximum absolute atomic E-state index is 12.9. The molecule has 1 aliphatic rings. The van der Waals surface area contributed by atoms with E-state index in [0.717, 1.165) is 30.8 Å². The van der Waals surface area contributed by atoms with Crippen LogP contribution in [-0.2, 0) is 0 Å². The maximum atomic E-state index is 12.9. The van der Waals surface area contributed by atoms with Gasteiger partial charge in [0.05, 0.1) is 11.3 Å². The lowest BCUT2D eigenvalue weighted by Gasteiger charge is -2.24. The summed E-state index contributed by atoms with van der Waals surface area (Å²) in [4.78, 5) is 35.3. The third kappa shape index (κ3) is 4.22. The SMILES string of the molecule is CCN(C)C(=O)c1ccc(-c2cccc(C(=O)N(C)[C@@H]3CCN(C)C3)c2)nc1. The van der Waals surface area contributed by atoms with Crippen molar-refractivity contribution in [2.24, 2.45) is 0 Å². The average molecular weight is 380 g/mol. The fraction of sp³-hybridized carbons (Fsp3) is 0.409. The van der Waals surface area contributed by atoms with E-state index in [4.69, 9.17) is 0 Å². The van der Waals surface area contributed by atoms with E-state index in [1.165, 1.54) is 0 Å².